The van der Waals surface area contributed by atoms with Gasteiger partial charge in [0.2, 0.25) is 0 Å². The fourth-order valence-corrected chi connectivity index (χ4v) is 2.09. The third kappa shape index (κ3) is 2.51. The van der Waals surface area contributed by atoms with Gasteiger partial charge in [-0.15, -0.1) is 0 Å². The highest BCUT2D eigenvalue weighted by Gasteiger charge is 1.98. The molecule has 0 unspecified atom stereocenters. The number of rotatable bonds is 4. The van der Waals surface area contributed by atoms with Crippen LogP contribution in [0.2, 0.25) is 0 Å². The predicted octanol–water partition coefficient (Wildman–Crippen LogP) is 2.78. The van der Waals surface area contributed by atoms with Gasteiger partial charge in [-0.3, -0.25) is 4.68 Å². The molecule has 0 spiro atoms. The Kier molecular flexibility index (Phi) is 2.96. The molecule has 3 aromatic rings. The van der Waals surface area contributed by atoms with Gasteiger partial charge in [0.1, 0.15) is 0 Å². The van der Waals surface area contributed by atoms with Gasteiger partial charge >= 0.3 is 0 Å². The van der Waals surface area contributed by atoms with Crippen LogP contribution in [-0.4, -0.2) is 14.3 Å². The second kappa shape index (κ2) is 4.92. The zero-order valence-corrected chi connectivity index (χ0v) is 10.1. The lowest BCUT2D eigenvalue weighted by molar-refractivity contribution is 0.685. The van der Waals surface area contributed by atoms with Crippen LogP contribution in [0.5, 0.6) is 0 Å². The van der Waals surface area contributed by atoms with Crippen LogP contribution in [0.3, 0.4) is 0 Å². The second-order valence-electron chi connectivity index (χ2n) is 4.38. The molecular weight excluding hydrogens is 222 g/mol. The fourth-order valence-electron chi connectivity index (χ4n) is 2.09. The summed E-state index contributed by atoms with van der Waals surface area (Å²) in [6.45, 7) is 1.74. The standard InChI is InChI=1S/C15H15N3/c1-2-9-17(8-1)12-14-5-3-6-15(11-14)13-18-10-4-7-16-18/h1-11H,12-13H2. The summed E-state index contributed by atoms with van der Waals surface area (Å²) in [7, 11) is 0. The van der Waals surface area contributed by atoms with Crippen LogP contribution in [-0.2, 0) is 13.1 Å². The van der Waals surface area contributed by atoms with E-state index in [9.17, 15) is 0 Å². The molecule has 18 heavy (non-hydrogen) atoms. The number of benzene rings is 1. The molecule has 0 amide bonds. The molecule has 0 atom stereocenters. The minimum Gasteiger partial charge on any atom is -0.350 e. The summed E-state index contributed by atoms with van der Waals surface area (Å²) in [5, 5.41) is 4.23. The highest BCUT2D eigenvalue weighted by atomic mass is 15.3. The van der Waals surface area contributed by atoms with E-state index in [0.29, 0.717) is 0 Å². The smallest absolute Gasteiger partial charge is 0.0659 e. The molecule has 0 saturated heterocycles. The molecular formula is C15H15N3. The van der Waals surface area contributed by atoms with Gasteiger partial charge < -0.3 is 4.57 Å². The Morgan fingerprint density at radius 1 is 0.833 bits per heavy atom. The van der Waals surface area contributed by atoms with Crippen LogP contribution in [0.15, 0.2) is 67.3 Å². The van der Waals surface area contributed by atoms with Gasteiger partial charge in [-0.2, -0.15) is 5.10 Å². The lowest BCUT2D eigenvalue weighted by Crippen LogP contribution is -2.02. The molecule has 3 heteroatoms. The van der Waals surface area contributed by atoms with Gasteiger partial charge in [0.25, 0.3) is 0 Å². The second-order valence-corrected chi connectivity index (χ2v) is 4.38. The first kappa shape index (κ1) is 10.8. The number of hydrogen-bond donors (Lipinski definition) is 0. The van der Waals surface area contributed by atoms with Crippen LogP contribution in [0.4, 0.5) is 0 Å². The van der Waals surface area contributed by atoms with Crippen molar-refractivity contribution >= 4 is 0 Å². The van der Waals surface area contributed by atoms with Crippen molar-refractivity contribution < 1.29 is 0 Å². The Balaban J connectivity index is 1.76. The van der Waals surface area contributed by atoms with E-state index in [2.05, 4.69) is 46.3 Å². The summed E-state index contributed by atoms with van der Waals surface area (Å²) in [6, 6.07) is 14.7. The van der Waals surface area contributed by atoms with Gasteiger partial charge in [-0.1, -0.05) is 24.3 Å². The Hall–Kier alpha value is -2.29. The molecule has 0 aliphatic rings. The molecule has 0 aliphatic heterocycles. The summed E-state index contributed by atoms with van der Waals surface area (Å²) in [6.07, 6.45) is 7.96. The maximum absolute atomic E-state index is 4.23. The average molecular weight is 237 g/mol. The van der Waals surface area contributed by atoms with E-state index in [0.717, 1.165) is 13.1 Å². The molecule has 1 aromatic carbocycles. The zero-order chi connectivity index (χ0) is 12.2. The fraction of sp³-hybridized carbons (Fsp3) is 0.133. The normalized spacial score (nSPS) is 10.7. The van der Waals surface area contributed by atoms with Gasteiger partial charge in [-0.25, -0.2) is 0 Å². The summed E-state index contributed by atoms with van der Waals surface area (Å²) in [4.78, 5) is 0. The maximum atomic E-state index is 4.23. The topological polar surface area (TPSA) is 22.8 Å². The number of hydrogen-bond acceptors (Lipinski definition) is 1. The van der Waals surface area contributed by atoms with Crippen LogP contribution >= 0.6 is 0 Å². The lowest BCUT2D eigenvalue weighted by Gasteiger charge is -2.07. The number of aromatic nitrogens is 3. The molecule has 3 nitrogen and oxygen atoms in total. The van der Waals surface area contributed by atoms with Crippen LogP contribution < -0.4 is 0 Å². The lowest BCUT2D eigenvalue weighted by atomic mass is 10.1. The SMILES string of the molecule is c1cc(Cn2cccc2)cc(Cn2cccn2)c1. The van der Waals surface area contributed by atoms with E-state index in [4.69, 9.17) is 0 Å². The molecule has 0 bridgehead atoms. The quantitative estimate of drug-likeness (QED) is 0.684. The first-order valence-electron chi connectivity index (χ1n) is 6.06. The van der Waals surface area contributed by atoms with E-state index >= 15 is 0 Å². The van der Waals surface area contributed by atoms with Crippen molar-refractivity contribution in [1.82, 2.24) is 14.3 Å². The summed E-state index contributed by atoms with van der Waals surface area (Å²) < 4.78 is 4.11. The largest absolute Gasteiger partial charge is 0.350 e. The molecule has 0 fully saturated rings. The molecule has 2 heterocycles. The summed E-state index contributed by atoms with van der Waals surface area (Å²) >= 11 is 0. The molecule has 0 radical (unpaired) electrons. The van der Waals surface area contributed by atoms with Crippen molar-refractivity contribution in [1.29, 1.82) is 0 Å². The monoisotopic (exact) mass is 237 g/mol. The highest BCUT2D eigenvalue weighted by molar-refractivity contribution is 5.24. The zero-order valence-electron chi connectivity index (χ0n) is 10.1. The molecule has 90 valence electrons. The van der Waals surface area contributed by atoms with E-state index in [1.54, 1.807) is 0 Å². The predicted molar refractivity (Wildman–Crippen MR) is 71.3 cm³/mol. The maximum Gasteiger partial charge on any atom is 0.0659 e. The Morgan fingerprint density at radius 2 is 1.61 bits per heavy atom. The van der Waals surface area contributed by atoms with Crippen molar-refractivity contribution in [2.24, 2.45) is 0 Å². The Morgan fingerprint density at radius 3 is 2.33 bits per heavy atom. The van der Waals surface area contributed by atoms with Gasteiger partial charge in [-0.05, 0) is 29.3 Å². The third-order valence-electron chi connectivity index (χ3n) is 2.93. The molecule has 0 aliphatic carbocycles. The summed E-state index contributed by atoms with van der Waals surface area (Å²) in [5.74, 6) is 0. The summed E-state index contributed by atoms with van der Waals surface area (Å²) in [5.41, 5.74) is 2.60. The van der Waals surface area contributed by atoms with E-state index in [-0.39, 0.29) is 0 Å². The first-order valence-corrected chi connectivity index (χ1v) is 6.06. The minimum atomic E-state index is 0.826. The minimum absolute atomic E-state index is 0.826. The van der Waals surface area contributed by atoms with Crippen LogP contribution in [0.1, 0.15) is 11.1 Å². The van der Waals surface area contributed by atoms with Gasteiger partial charge in [0.15, 0.2) is 0 Å². The molecule has 0 N–H and O–H groups in total. The van der Waals surface area contributed by atoms with E-state index in [1.165, 1.54) is 11.1 Å². The highest BCUT2D eigenvalue weighted by Crippen LogP contribution is 2.09. The third-order valence-corrected chi connectivity index (χ3v) is 2.93. The molecule has 0 saturated carbocycles. The van der Waals surface area contributed by atoms with E-state index < -0.39 is 0 Å². The molecule has 2 aromatic heterocycles. The van der Waals surface area contributed by atoms with Crippen LogP contribution in [0, 0.1) is 0 Å². The van der Waals surface area contributed by atoms with Crippen molar-refractivity contribution in [3.8, 4) is 0 Å². The van der Waals surface area contributed by atoms with Crippen molar-refractivity contribution in [3.05, 3.63) is 78.4 Å². The van der Waals surface area contributed by atoms with Crippen molar-refractivity contribution in [3.63, 3.8) is 0 Å². The Bertz CT molecular complexity index is 543. The molecule has 3 rings (SSSR count). The first-order chi connectivity index (χ1) is 8.90. The van der Waals surface area contributed by atoms with Crippen molar-refractivity contribution in [2.45, 2.75) is 13.1 Å². The average Bonchev–Trinajstić information content (AvgIpc) is 3.03. The van der Waals surface area contributed by atoms with Gasteiger partial charge in [0, 0.05) is 31.3 Å². The van der Waals surface area contributed by atoms with Crippen LogP contribution in [0.25, 0.3) is 0 Å². The Labute approximate surface area is 106 Å². The van der Waals surface area contributed by atoms with Crippen molar-refractivity contribution in [2.75, 3.05) is 0 Å². The number of nitrogens with zero attached hydrogens (tertiary/aromatic N) is 3. The van der Waals surface area contributed by atoms with E-state index in [1.807, 2.05) is 35.3 Å². The van der Waals surface area contributed by atoms with Gasteiger partial charge in [0.05, 0.1) is 6.54 Å².